The highest BCUT2D eigenvalue weighted by atomic mass is 35.5. The number of aryl methyl sites for hydroxylation is 1. The van der Waals surface area contributed by atoms with Crippen molar-refractivity contribution in [3.8, 4) is 22.5 Å². The van der Waals surface area contributed by atoms with Gasteiger partial charge >= 0.3 is 11.8 Å². The second-order valence-electron chi connectivity index (χ2n) is 20.3. The molecule has 6 atom stereocenters. The lowest BCUT2D eigenvalue weighted by molar-refractivity contribution is -0.141. The van der Waals surface area contributed by atoms with E-state index >= 15 is 0 Å². The van der Waals surface area contributed by atoms with Crippen molar-refractivity contribution >= 4 is 79.7 Å². The van der Waals surface area contributed by atoms with E-state index < -0.39 is 17.4 Å². The van der Waals surface area contributed by atoms with Gasteiger partial charge in [0.25, 0.3) is 0 Å². The first-order valence-electron chi connectivity index (χ1n) is 24.6. The van der Waals surface area contributed by atoms with E-state index in [1.807, 2.05) is 49.6 Å². The van der Waals surface area contributed by atoms with Crippen LogP contribution in [0.4, 0.5) is 34.9 Å². The molecule has 5 aromatic heterocycles. The van der Waals surface area contributed by atoms with Gasteiger partial charge in [-0.05, 0) is 71.9 Å². The Bertz CT molecular complexity index is 3810. The molecule has 2 saturated carbocycles. The first-order chi connectivity index (χ1) is 36.2. The summed E-state index contributed by atoms with van der Waals surface area (Å²) in [4.78, 5) is 36.0. The summed E-state index contributed by atoms with van der Waals surface area (Å²) in [7, 11) is 3.15. The Balaban J connectivity index is 0.000000145. The van der Waals surface area contributed by atoms with Crippen LogP contribution in [-0.2, 0) is 28.6 Å². The zero-order valence-electron chi connectivity index (χ0n) is 40.4. The Morgan fingerprint density at radius 3 is 1.71 bits per heavy atom. The molecule has 0 radical (unpaired) electrons. The predicted molar refractivity (Wildman–Crippen MR) is 278 cm³/mol. The molecule has 9 aromatic rings. The molecule has 382 valence electrons. The Morgan fingerprint density at radius 1 is 0.680 bits per heavy atom. The summed E-state index contributed by atoms with van der Waals surface area (Å²) in [5.74, 6) is -2.93. The number of carbonyl (C=O) groups is 1. The van der Waals surface area contributed by atoms with Crippen molar-refractivity contribution in [1.29, 1.82) is 0 Å². The van der Waals surface area contributed by atoms with Crippen LogP contribution >= 0.6 is 23.2 Å². The van der Waals surface area contributed by atoms with Crippen LogP contribution in [0.25, 0.3) is 55.7 Å². The number of aromatic nitrogens is 10. The molecule has 2 aliphatic carbocycles. The Kier molecular flexibility index (Phi) is 10.8. The number of hydrogen-bond donors (Lipinski definition) is 4. The number of carbonyl (C=O) groups excluding carboxylic acids is 1. The number of piperidine rings is 2. The molecule has 4 fully saturated rings. The minimum atomic E-state index is -3.73. The molecular formula is C53H47Cl2F4N15O. The van der Waals surface area contributed by atoms with Gasteiger partial charge in [0, 0.05) is 86.9 Å². The lowest BCUT2D eigenvalue weighted by Gasteiger charge is -2.26. The molecule has 2 saturated heterocycles. The fourth-order valence-electron chi connectivity index (χ4n) is 13.1. The molecule has 16 nitrogen and oxygen atoms in total. The molecule has 3 aliphatic heterocycles. The van der Waals surface area contributed by atoms with Crippen molar-refractivity contribution in [3.63, 3.8) is 0 Å². The van der Waals surface area contributed by atoms with E-state index in [1.165, 1.54) is 25.2 Å². The first kappa shape index (κ1) is 47.5. The number of hydrogen-bond acceptors (Lipinski definition) is 12. The van der Waals surface area contributed by atoms with Gasteiger partial charge in [-0.25, -0.2) is 28.7 Å². The highest BCUT2D eigenvalue weighted by Crippen LogP contribution is 2.65. The monoisotopic (exact) mass is 1060 g/mol. The maximum absolute atomic E-state index is 14.7. The van der Waals surface area contributed by atoms with Crippen molar-refractivity contribution < 1.29 is 22.4 Å². The van der Waals surface area contributed by atoms with Gasteiger partial charge in [-0.1, -0.05) is 71.7 Å². The van der Waals surface area contributed by atoms with Gasteiger partial charge in [-0.15, -0.1) is 0 Å². The number of benzene rings is 4. The Hall–Kier alpha value is -7.26. The summed E-state index contributed by atoms with van der Waals surface area (Å²) in [5.41, 5.74) is 17.4. The van der Waals surface area contributed by atoms with Crippen molar-refractivity contribution in [1.82, 2.24) is 50.1 Å². The van der Waals surface area contributed by atoms with Crippen LogP contribution in [0, 0.1) is 35.3 Å². The number of alkyl halides is 2. The summed E-state index contributed by atoms with van der Waals surface area (Å²) in [6.07, 6.45) is 7.10. The van der Waals surface area contributed by atoms with Gasteiger partial charge in [0.1, 0.15) is 39.8 Å². The first-order valence-corrected chi connectivity index (χ1v) is 25.4. The smallest absolute Gasteiger partial charge is 0.353 e. The summed E-state index contributed by atoms with van der Waals surface area (Å²) in [6.45, 7) is 3.74. The van der Waals surface area contributed by atoms with Crippen LogP contribution in [-0.4, -0.2) is 102 Å². The molecule has 0 unspecified atom stereocenters. The summed E-state index contributed by atoms with van der Waals surface area (Å²) >= 11 is 13.1. The van der Waals surface area contributed by atoms with Crippen molar-refractivity contribution in [2.45, 2.75) is 29.6 Å². The number of nitrogens with one attached hydrogen (secondary N) is 2. The van der Waals surface area contributed by atoms with Crippen LogP contribution in [0.3, 0.4) is 0 Å². The lowest BCUT2D eigenvalue weighted by Crippen LogP contribution is -2.32. The number of halogens is 6. The highest BCUT2D eigenvalue weighted by Gasteiger charge is 2.67. The topological polar surface area (TPSA) is 206 Å². The largest absolute Gasteiger partial charge is 0.355 e. The number of fused-ring (bicyclic) bond motifs is 6. The van der Waals surface area contributed by atoms with Crippen LogP contribution in [0.1, 0.15) is 29.5 Å². The summed E-state index contributed by atoms with van der Waals surface area (Å²) in [6, 6.07) is 20.8. The molecule has 22 heteroatoms. The van der Waals surface area contributed by atoms with Crippen molar-refractivity contribution in [3.05, 3.63) is 130 Å². The van der Waals surface area contributed by atoms with Crippen molar-refractivity contribution in [2.24, 2.45) is 42.2 Å². The predicted octanol–water partition coefficient (Wildman–Crippen LogP) is 8.29. The van der Waals surface area contributed by atoms with Crippen molar-refractivity contribution in [2.75, 3.05) is 61.0 Å². The Morgan fingerprint density at radius 2 is 1.19 bits per heavy atom. The maximum Gasteiger partial charge on any atom is 0.353 e. The third-order valence-corrected chi connectivity index (χ3v) is 17.6. The second-order valence-corrected chi connectivity index (χ2v) is 21.0. The van der Waals surface area contributed by atoms with Crippen LogP contribution < -0.4 is 26.2 Å². The quantitative estimate of drug-likeness (QED) is 0.106. The number of nitrogens with two attached hydrogens (primary N) is 2. The normalized spacial score (nSPS) is 24.3. The average Bonchev–Trinajstić information content (AvgIpc) is 3.97. The molecule has 0 spiro atoms. The number of anilines is 3. The average molecular weight is 1060 g/mol. The Labute approximate surface area is 435 Å². The van der Waals surface area contributed by atoms with E-state index in [9.17, 15) is 22.4 Å². The zero-order valence-corrected chi connectivity index (χ0v) is 41.9. The van der Waals surface area contributed by atoms with Gasteiger partial charge in [-0.2, -0.15) is 24.1 Å². The van der Waals surface area contributed by atoms with Gasteiger partial charge in [0.2, 0.25) is 11.3 Å². The molecule has 14 rings (SSSR count). The molecule has 8 heterocycles. The lowest BCUT2D eigenvalue weighted by atomic mass is 9.91. The maximum atomic E-state index is 14.7. The second kappa shape index (κ2) is 17.1. The number of rotatable bonds is 8. The van der Waals surface area contributed by atoms with E-state index in [-0.39, 0.29) is 50.6 Å². The molecule has 5 aliphatic rings. The number of amides is 1. The van der Waals surface area contributed by atoms with Crippen LogP contribution in [0.15, 0.2) is 91.4 Å². The number of H-pyrrole nitrogens is 2. The fourth-order valence-corrected chi connectivity index (χ4v) is 13.7. The molecule has 1 amide bonds. The van der Waals surface area contributed by atoms with Crippen LogP contribution in [0.5, 0.6) is 0 Å². The third-order valence-electron chi connectivity index (χ3n) is 16.9. The van der Waals surface area contributed by atoms with Gasteiger partial charge in [0.05, 0.1) is 45.1 Å². The number of likely N-dealkylation sites (N-methyl/N-ethyl adjacent to an activating group) is 1. The summed E-state index contributed by atoms with van der Waals surface area (Å²) < 4.78 is 60.6. The third kappa shape index (κ3) is 6.94. The van der Waals surface area contributed by atoms with E-state index in [4.69, 9.17) is 44.6 Å². The van der Waals surface area contributed by atoms with Gasteiger partial charge < -0.3 is 26.2 Å². The van der Waals surface area contributed by atoms with E-state index in [1.54, 1.807) is 35.3 Å². The molecule has 4 aromatic carbocycles. The minimum Gasteiger partial charge on any atom is -0.355 e. The SMILES string of the molecule is CN1C(=O)C(F)(F)c2c1ccc(-c1[nH]nc3nc(N4CC[C@@H]5[C@H](C4)[C@@]5(CN)c4ccccc4F)cnc13)c2Cl.Cn1cc2ccc(-c3[nH]nc4nc(N5CC[C@@H]6[C@H](C5)[C@@]6(CN)c5ccccc5F)cnc34)c(Cl)c2n1. The minimum absolute atomic E-state index is 0.0587. The van der Waals surface area contributed by atoms with E-state index in [0.717, 1.165) is 58.7 Å². The number of nitrogens with zero attached hydrogens (tertiary/aromatic N) is 11. The number of aromatic amines is 2. The highest BCUT2D eigenvalue weighted by molar-refractivity contribution is 6.38. The van der Waals surface area contributed by atoms with Crippen LogP contribution in [0.2, 0.25) is 10.0 Å². The molecular weight excluding hydrogens is 1010 g/mol. The standard InChI is InChI=1S/C27H23ClF3N7O.C26H24ClFN8/c1-37-18-7-6-13(21(28)20(18)27(30,31)25(37)39)22-23-24(36-35-22)34-19(10-33-23)38-9-8-14-16(11-38)26(14,12-32)15-4-2-3-5-17(15)29;1-35-11-14-6-7-15(21(27)22(14)34-35)23-24-25(33-32-23)31-20(10-30-24)36-9-8-16-18(12-36)26(16,13-29)17-4-2-3-5-19(17)28/h2-7,10,14,16H,8-9,11-12,32H2,1H3,(H,34,35,36);2-7,10-11,16,18H,8-9,12-13,29H2,1H3,(H,31,32,33)/t14-,16+,26-;16-,18+,26-/m11/s1. The zero-order chi connectivity index (χ0) is 51.9. The van der Waals surface area contributed by atoms with Gasteiger partial charge in [-0.3, -0.25) is 19.7 Å². The summed E-state index contributed by atoms with van der Waals surface area (Å²) in [5, 5.41) is 20.3. The van der Waals surface area contributed by atoms with E-state index in [0.29, 0.717) is 88.1 Å². The molecule has 0 bridgehead atoms. The molecule has 6 N–H and O–H groups in total. The fraction of sp³-hybridized carbons (Fsp3) is 0.321. The molecule has 75 heavy (non-hydrogen) atoms. The van der Waals surface area contributed by atoms with E-state index in [2.05, 4.69) is 45.3 Å². The van der Waals surface area contributed by atoms with Gasteiger partial charge in [0.15, 0.2) is 0 Å².